The summed E-state index contributed by atoms with van der Waals surface area (Å²) in [5.41, 5.74) is 5.32. The van der Waals surface area contributed by atoms with E-state index < -0.39 is 0 Å². The largest absolute Gasteiger partial charge is 0.495 e. The fourth-order valence-electron chi connectivity index (χ4n) is 3.53. The van der Waals surface area contributed by atoms with Gasteiger partial charge in [-0.2, -0.15) is 0 Å². The number of aryl methyl sites for hydroxylation is 2. The number of hydrogen-bond donors (Lipinski definition) is 0. The molecule has 0 spiro atoms. The van der Waals surface area contributed by atoms with Crippen molar-refractivity contribution in [1.29, 1.82) is 0 Å². The topological polar surface area (TPSA) is 18.5 Å². The Morgan fingerprint density at radius 2 is 1.50 bits per heavy atom. The minimum absolute atomic E-state index is 0.250. The first kappa shape index (κ1) is 16.1. The summed E-state index contributed by atoms with van der Waals surface area (Å²) in [5, 5.41) is 0. The SMILES string of the molecule is Cc1cc2c(cc1B1OC(C)(C)C(C)(C)O1)CC(C)(C)CC2. The van der Waals surface area contributed by atoms with E-state index in [1.54, 1.807) is 0 Å². The van der Waals surface area contributed by atoms with Crippen molar-refractivity contribution in [1.82, 2.24) is 0 Å². The van der Waals surface area contributed by atoms with Crippen LogP contribution in [0.5, 0.6) is 0 Å². The predicted octanol–water partition coefficient (Wildman–Crippen LogP) is 3.81. The minimum atomic E-state index is -0.278. The smallest absolute Gasteiger partial charge is 0.399 e. The quantitative estimate of drug-likeness (QED) is 0.734. The number of hydrogen-bond acceptors (Lipinski definition) is 2. The molecular weight excluding hydrogens is 271 g/mol. The fourth-order valence-corrected chi connectivity index (χ4v) is 3.53. The van der Waals surface area contributed by atoms with Crippen molar-refractivity contribution in [3.8, 4) is 0 Å². The van der Waals surface area contributed by atoms with Crippen LogP contribution in [-0.2, 0) is 22.2 Å². The first-order valence-electron chi connectivity index (χ1n) is 8.49. The highest BCUT2D eigenvalue weighted by atomic mass is 16.7. The fraction of sp³-hybridized carbons (Fsp3) is 0.684. The van der Waals surface area contributed by atoms with Crippen LogP contribution in [0, 0.1) is 12.3 Å². The molecule has 1 fully saturated rings. The molecule has 22 heavy (non-hydrogen) atoms. The average Bonchev–Trinajstić information content (AvgIpc) is 2.57. The molecule has 0 bridgehead atoms. The van der Waals surface area contributed by atoms with E-state index in [1.807, 2.05) is 0 Å². The monoisotopic (exact) mass is 300 g/mol. The van der Waals surface area contributed by atoms with Crippen LogP contribution in [0.25, 0.3) is 0 Å². The van der Waals surface area contributed by atoms with Gasteiger partial charge in [-0.25, -0.2) is 0 Å². The van der Waals surface area contributed by atoms with E-state index in [-0.39, 0.29) is 18.3 Å². The Kier molecular flexibility index (Phi) is 3.54. The van der Waals surface area contributed by atoms with Crippen molar-refractivity contribution in [3.05, 3.63) is 28.8 Å². The van der Waals surface area contributed by atoms with Crippen molar-refractivity contribution < 1.29 is 9.31 Å². The van der Waals surface area contributed by atoms with E-state index in [9.17, 15) is 0 Å². The Labute approximate surface area is 135 Å². The van der Waals surface area contributed by atoms with Crippen molar-refractivity contribution in [2.24, 2.45) is 5.41 Å². The van der Waals surface area contributed by atoms with Gasteiger partial charge in [0.2, 0.25) is 0 Å². The van der Waals surface area contributed by atoms with Crippen LogP contribution >= 0.6 is 0 Å². The lowest BCUT2D eigenvalue weighted by Crippen LogP contribution is -2.41. The Morgan fingerprint density at radius 1 is 0.909 bits per heavy atom. The molecule has 0 aromatic heterocycles. The highest BCUT2D eigenvalue weighted by Crippen LogP contribution is 2.38. The van der Waals surface area contributed by atoms with Crippen molar-refractivity contribution >= 4 is 12.6 Å². The van der Waals surface area contributed by atoms with Gasteiger partial charge in [0, 0.05) is 0 Å². The van der Waals surface area contributed by atoms with E-state index >= 15 is 0 Å². The molecule has 1 aromatic rings. The summed E-state index contributed by atoms with van der Waals surface area (Å²) in [6.45, 7) is 15.4. The van der Waals surface area contributed by atoms with Crippen molar-refractivity contribution in [3.63, 3.8) is 0 Å². The zero-order chi connectivity index (χ0) is 16.3. The molecule has 0 N–H and O–H groups in total. The molecule has 3 rings (SSSR count). The van der Waals surface area contributed by atoms with Gasteiger partial charge in [-0.1, -0.05) is 31.5 Å². The molecule has 1 saturated heterocycles. The van der Waals surface area contributed by atoms with E-state index in [0.29, 0.717) is 5.41 Å². The average molecular weight is 300 g/mol. The zero-order valence-electron chi connectivity index (χ0n) is 15.2. The number of rotatable bonds is 1. The molecule has 0 radical (unpaired) electrons. The molecule has 0 amide bonds. The molecule has 0 unspecified atom stereocenters. The molecule has 1 heterocycles. The van der Waals surface area contributed by atoms with Gasteiger partial charge in [0.1, 0.15) is 0 Å². The van der Waals surface area contributed by atoms with Gasteiger partial charge in [0.05, 0.1) is 11.2 Å². The van der Waals surface area contributed by atoms with Gasteiger partial charge in [-0.05, 0) is 75.9 Å². The first-order valence-corrected chi connectivity index (χ1v) is 8.49. The maximum absolute atomic E-state index is 6.25. The maximum atomic E-state index is 6.25. The second-order valence-corrected chi connectivity index (χ2v) is 8.91. The van der Waals surface area contributed by atoms with Gasteiger partial charge < -0.3 is 9.31 Å². The standard InChI is InChI=1S/C19H29BO2/c1-13-10-14-8-9-17(2,3)12-15(14)11-16(13)20-21-18(4,5)19(6,7)22-20/h10-11H,8-9,12H2,1-7H3. The van der Waals surface area contributed by atoms with Crippen molar-refractivity contribution in [2.45, 2.75) is 78.9 Å². The molecular formula is C19H29BO2. The number of fused-ring (bicyclic) bond motifs is 1. The molecule has 1 aromatic carbocycles. The molecule has 0 atom stereocenters. The summed E-state index contributed by atoms with van der Waals surface area (Å²) in [6.07, 6.45) is 3.61. The van der Waals surface area contributed by atoms with Crippen LogP contribution < -0.4 is 5.46 Å². The minimum Gasteiger partial charge on any atom is -0.399 e. The van der Waals surface area contributed by atoms with Gasteiger partial charge in [-0.15, -0.1) is 0 Å². The predicted molar refractivity (Wildman–Crippen MR) is 92.7 cm³/mol. The number of benzene rings is 1. The third-order valence-corrected chi connectivity index (χ3v) is 5.84. The molecule has 1 aliphatic carbocycles. The van der Waals surface area contributed by atoms with Crippen LogP contribution in [0.3, 0.4) is 0 Å². The molecule has 1 aliphatic heterocycles. The van der Waals surface area contributed by atoms with Crippen LogP contribution in [0.4, 0.5) is 0 Å². The summed E-state index contributed by atoms with van der Waals surface area (Å²) in [6, 6.07) is 4.69. The molecule has 0 saturated carbocycles. The summed E-state index contributed by atoms with van der Waals surface area (Å²) >= 11 is 0. The highest BCUT2D eigenvalue weighted by Gasteiger charge is 2.52. The lowest BCUT2D eigenvalue weighted by atomic mass is 9.69. The van der Waals surface area contributed by atoms with E-state index in [4.69, 9.17) is 9.31 Å². The van der Waals surface area contributed by atoms with E-state index in [2.05, 4.69) is 60.6 Å². The highest BCUT2D eigenvalue weighted by molar-refractivity contribution is 6.62. The van der Waals surface area contributed by atoms with Gasteiger partial charge in [0.25, 0.3) is 0 Å². The summed E-state index contributed by atoms with van der Waals surface area (Å²) < 4.78 is 12.5. The van der Waals surface area contributed by atoms with E-state index in [0.717, 1.165) is 6.42 Å². The molecule has 120 valence electrons. The summed E-state index contributed by atoms with van der Waals surface area (Å²) in [5.74, 6) is 0. The third kappa shape index (κ3) is 2.63. The lowest BCUT2D eigenvalue weighted by Gasteiger charge is -2.32. The first-order chi connectivity index (χ1) is 10.0. The van der Waals surface area contributed by atoms with Crippen LogP contribution in [0.1, 0.15) is 64.7 Å². The van der Waals surface area contributed by atoms with Gasteiger partial charge in [-0.3, -0.25) is 0 Å². The van der Waals surface area contributed by atoms with Crippen LogP contribution in [0.15, 0.2) is 12.1 Å². The summed E-state index contributed by atoms with van der Waals surface area (Å²) in [7, 11) is -0.250. The van der Waals surface area contributed by atoms with E-state index in [1.165, 1.54) is 35.0 Å². The Morgan fingerprint density at radius 3 is 2.09 bits per heavy atom. The van der Waals surface area contributed by atoms with Crippen LogP contribution in [-0.4, -0.2) is 18.3 Å². The second kappa shape index (κ2) is 4.85. The van der Waals surface area contributed by atoms with Gasteiger partial charge >= 0.3 is 7.12 Å². The lowest BCUT2D eigenvalue weighted by molar-refractivity contribution is 0.00578. The summed E-state index contributed by atoms with van der Waals surface area (Å²) in [4.78, 5) is 0. The van der Waals surface area contributed by atoms with Crippen LogP contribution in [0.2, 0.25) is 0 Å². The third-order valence-electron chi connectivity index (χ3n) is 5.84. The normalized spacial score (nSPS) is 25.1. The maximum Gasteiger partial charge on any atom is 0.495 e. The van der Waals surface area contributed by atoms with Gasteiger partial charge in [0.15, 0.2) is 0 Å². The molecule has 2 nitrogen and oxygen atoms in total. The molecule has 3 heteroatoms. The zero-order valence-corrected chi connectivity index (χ0v) is 15.2. The second-order valence-electron chi connectivity index (χ2n) is 8.91. The van der Waals surface area contributed by atoms with Crippen molar-refractivity contribution in [2.75, 3.05) is 0 Å². The Hall–Kier alpha value is -0.795. The Balaban J connectivity index is 1.96. The molecule has 2 aliphatic rings. The Bertz CT molecular complexity index is 586.